The molecule has 0 unspecified atom stereocenters. The molecule has 8 heteroatoms. The fraction of sp³-hybridized carbons (Fsp3) is 0.286. The Balaban J connectivity index is 3.07. The Morgan fingerprint density at radius 2 is 1.77 bits per heavy atom. The molecule has 118 valence electrons. The van der Waals surface area contributed by atoms with E-state index >= 15 is 0 Å². The average molecular weight is 400 g/mol. The smallest absolute Gasteiger partial charge is 0.186 e. The van der Waals surface area contributed by atoms with Crippen molar-refractivity contribution >= 4 is 61.9 Å². The molecule has 1 aromatic carbocycles. The SMILES string of the molecule is CCC(=S)NN=C(C)C(=NNC(=S)NC)c1ccc(Br)cc1. The van der Waals surface area contributed by atoms with Crippen molar-refractivity contribution in [1.82, 2.24) is 16.2 Å². The van der Waals surface area contributed by atoms with Crippen LogP contribution in [0, 0.1) is 0 Å². The number of thiocarbonyl (C=S) groups is 2. The number of benzene rings is 1. The van der Waals surface area contributed by atoms with E-state index in [1.165, 1.54) is 0 Å². The predicted octanol–water partition coefficient (Wildman–Crippen LogP) is 2.95. The van der Waals surface area contributed by atoms with Gasteiger partial charge in [0, 0.05) is 17.1 Å². The number of nitrogens with one attached hydrogen (secondary N) is 3. The predicted molar refractivity (Wildman–Crippen MR) is 105 cm³/mol. The lowest BCUT2D eigenvalue weighted by Crippen LogP contribution is -2.31. The summed E-state index contributed by atoms with van der Waals surface area (Å²) in [6.45, 7) is 3.83. The Morgan fingerprint density at radius 3 is 2.32 bits per heavy atom. The molecule has 0 aromatic heterocycles. The van der Waals surface area contributed by atoms with Crippen molar-refractivity contribution in [2.75, 3.05) is 7.05 Å². The normalized spacial score (nSPS) is 11.8. The maximum absolute atomic E-state index is 5.11. The maximum Gasteiger partial charge on any atom is 0.186 e. The zero-order valence-corrected chi connectivity index (χ0v) is 15.8. The highest BCUT2D eigenvalue weighted by molar-refractivity contribution is 9.10. The first-order valence-corrected chi connectivity index (χ1v) is 8.23. The van der Waals surface area contributed by atoms with E-state index in [0.29, 0.717) is 21.5 Å². The summed E-state index contributed by atoms with van der Waals surface area (Å²) in [6.07, 6.45) is 0.735. The van der Waals surface area contributed by atoms with Gasteiger partial charge in [0.25, 0.3) is 0 Å². The molecule has 0 saturated carbocycles. The molecular formula is C14H18BrN5S2. The molecule has 0 atom stereocenters. The summed E-state index contributed by atoms with van der Waals surface area (Å²) in [6, 6.07) is 7.78. The van der Waals surface area contributed by atoms with Crippen molar-refractivity contribution in [2.24, 2.45) is 10.2 Å². The molecule has 0 aliphatic carbocycles. The van der Waals surface area contributed by atoms with Crippen molar-refractivity contribution in [3.8, 4) is 0 Å². The number of rotatable bonds is 5. The van der Waals surface area contributed by atoms with E-state index < -0.39 is 0 Å². The van der Waals surface area contributed by atoms with Crippen LogP contribution in [0.4, 0.5) is 0 Å². The quantitative estimate of drug-likeness (QED) is 0.403. The van der Waals surface area contributed by atoms with Crippen LogP contribution in [0.1, 0.15) is 25.8 Å². The molecule has 0 amide bonds. The minimum atomic E-state index is 0.430. The molecule has 0 heterocycles. The number of hydrazone groups is 2. The first-order valence-electron chi connectivity index (χ1n) is 6.62. The van der Waals surface area contributed by atoms with E-state index in [4.69, 9.17) is 24.4 Å². The molecule has 1 aromatic rings. The molecule has 22 heavy (non-hydrogen) atoms. The van der Waals surface area contributed by atoms with Crippen molar-refractivity contribution in [2.45, 2.75) is 20.3 Å². The monoisotopic (exact) mass is 399 g/mol. The Kier molecular flexibility index (Phi) is 8.15. The Hall–Kier alpha value is -1.38. The lowest BCUT2D eigenvalue weighted by Gasteiger charge is -2.09. The second kappa shape index (κ2) is 9.60. The molecule has 0 radical (unpaired) electrons. The van der Waals surface area contributed by atoms with Gasteiger partial charge in [0.1, 0.15) is 5.71 Å². The Bertz CT molecular complexity index is 596. The van der Waals surface area contributed by atoms with Gasteiger partial charge in [-0.1, -0.05) is 47.2 Å². The van der Waals surface area contributed by atoms with Crippen molar-refractivity contribution in [3.63, 3.8) is 0 Å². The molecule has 5 nitrogen and oxygen atoms in total. The lowest BCUT2D eigenvalue weighted by atomic mass is 10.1. The minimum Gasteiger partial charge on any atom is -0.364 e. The van der Waals surface area contributed by atoms with Gasteiger partial charge in [0.15, 0.2) is 5.11 Å². The summed E-state index contributed by atoms with van der Waals surface area (Å²) in [4.78, 5) is 0.674. The third kappa shape index (κ3) is 6.17. The van der Waals surface area contributed by atoms with Crippen LogP contribution in [-0.4, -0.2) is 28.6 Å². The van der Waals surface area contributed by atoms with Crippen LogP contribution in [-0.2, 0) is 0 Å². The van der Waals surface area contributed by atoms with E-state index in [-0.39, 0.29) is 0 Å². The highest BCUT2D eigenvalue weighted by Crippen LogP contribution is 2.12. The molecule has 0 spiro atoms. The molecule has 3 N–H and O–H groups in total. The number of hydrogen-bond acceptors (Lipinski definition) is 4. The van der Waals surface area contributed by atoms with Crippen molar-refractivity contribution in [3.05, 3.63) is 34.3 Å². The van der Waals surface area contributed by atoms with Crippen LogP contribution in [0.15, 0.2) is 38.9 Å². The summed E-state index contributed by atoms with van der Waals surface area (Å²) >= 11 is 13.6. The molecule has 0 aliphatic heterocycles. The Labute approximate surface area is 149 Å². The standard InChI is InChI=1S/C14H18BrN5S2/c1-4-12(21)18-17-9(2)13(19-20-14(22)16-3)10-5-7-11(15)8-6-10/h5-8H,4H2,1-3H3,(H,18,21)(H2,16,20,22). The van der Waals surface area contributed by atoms with E-state index in [2.05, 4.69) is 42.3 Å². The van der Waals surface area contributed by atoms with Crippen LogP contribution in [0.25, 0.3) is 0 Å². The van der Waals surface area contributed by atoms with Crippen LogP contribution >= 0.6 is 40.4 Å². The molecule has 0 fully saturated rings. The first kappa shape index (κ1) is 18.7. The van der Waals surface area contributed by atoms with Crippen LogP contribution in [0.3, 0.4) is 0 Å². The third-order valence-electron chi connectivity index (χ3n) is 2.63. The average Bonchev–Trinajstić information content (AvgIpc) is 2.53. The van der Waals surface area contributed by atoms with Gasteiger partial charge in [-0.3, -0.25) is 10.9 Å². The summed E-state index contributed by atoms with van der Waals surface area (Å²) in [5.74, 6) is 0. The van der Waals surface area contributed by atoms with E-state index in [1.807, 2.05) is 38.1 Å². The molecular weight excluding hydrogens is 382 g/mol. The van der Waals surface area contributed by atoms with Gasteiger partial charge in [-0.25, -0.2) is 0 Å². The van der Waals surface area contributed by atoms with Crippen molar-refractivity contribution < 1.29 is 0 Å². The van der Waals surface area contributed by atoms with Gasteiger partial charge >= 0.3 is 0 Å². The van der Waals surface area contributed by atoms with Gasteiger partial charge in [-0.15, -0.1) is 0 Å². The summed E-state index contributed by atoms with van der Waals surface area (Å²) in [7, 11) is 1.73. The highest BCUT2D eigenvalue weighted by Gasteiger charge is 2.09. The molecule has 1 rings (SSSR count). The largest absolute Gasteiger partial charge is 0.364 e. The topological polar surface area (TPSA) is 60.8 Å². The number of halogens is 1. The Morgan fingerprint density at radius 1 is 1.14 bits per heavy atom. The van der Waals surface area contributed by atoms with Gasteiger partial charge in [-0.2, -0.15) is 10.2 Å². The highest BCUT2D eigenvalue weighted by atomic mass is 79.9. The fourth-order valence-electron chi connectivity index (χ4n) is 1.40. The molecule has 0 saturated heterocycles. The molecule has 0 aliphatic rings. The summed E-state index contributed by atoms with van der Waals surface area (Å²) in [5.41, 5.74) is 7.92. The van der Waals surface area contributed by atoms with Crippen LogP contribution in [0.2, 0.25) is 0 Å². The maximum atomic E-state index is 5.11. The number of nitrogens with zero attached hydrogens (tertiary/aromatic N) is 2. The van der Waals surface area contributed by atoms with Gasteiger partial charge in [0.2, 0.25) is 0 Å². The van der Waals surface area contributed by atoms with Gasteiger partial charge < -0.3 is 5.32 Å². The van der Waals surface area contributed by atoms with Gasteiger partial charge in [0.05, 0.1) is 10.7 Å². The zero-order valence-electron chi connectivity index (χ0n) is 12.6. The van der Waals surface area contributed by atoms with E-state index in [9.17, 15) is 0 Å². The second-order valence-electron chi connectivity index (χ2n) is 4.24. The van der Waals surface area contributed by atoms with Crippen LogP contribution in [0.5, 0.6) is 0 Å². The third-order valence-corrected chi connectivity index (χ3v) is 3.83. The minimum absolute atomic E-state index is 0.430. The van der Waals surface area contributed by atoms with E-state index in [1.54, 1.807) is 7.05 Å². The summed E-state index contributed by atoms with van der Waals surface area (Å²) < 4.78 is 0.995. The summed E-state index contributed by atoms with van der Waals surface area (Å²) in [5, 5.41) is 11.8. The molecule has 0 bridgehead atoms. The lowest BCUT2D eigenvalue weighted by molar-refractivity contribution is 0.974. The van der Waals surface area contributed by atoms with E-state index in [0.717, 1.165) is 16.5 Å². The van der Waals surface area contributed by atoms with Crippen molar-refractivity contribution in [1.29, 1.82) is 0 Å². The zero-order chi connectivity index (χ0) is 16.5. The fourth-order valence-corrected chi connectivity index (χ4v) is 1.76. The first-order chi connectivity index (χ1) is 10.5. The van der Waals surface area contributed by atoms with Gasteiger partial charge in [-0.05, 0) is 37.7 Å². The number of hydrogen-bond donors (Lipinski definition) is 3. The second-order valence-corrected chi connectivity index (χ2v) is 6.06. The van der Waals surface area contributed by atoms with Crippen LogP contribution < -0.4 is 16.2 Å².